The Hall–Kier alpha value is -3.89. The van der Waals surface area contributed by atoms with E-state index in [1.807, 2.05) is 36.4 Å². The molecule has 3 rings (SSSR count). The minimum absolute atomic E-state index is 0.0888. The SMILES string of the molecule is CCCn1c(-c2ccc(/C=C/C=C(C#N)C#N)s2)ccc1-c1ccc(/C=C/C=C(/C)C#N)s1. The second-order valence-electron chi connectivity index (χ2n) is 7.14. The number of hydrogen-bond acceptors (Lipinski definition) is 5. The Morgan fingerprint density at radius 3 is 1.85 bits per heavy atom. The third kappa shape index (κ3) is 6.09. The molecule has 0 N–H and O–H groups in total. The Balaban J connectivity index is 1.87. The van der Waals surface area contributed by atoms with Gasteiger partial charge in [0.1, 0.15) is 17.7 Å². The van der Waals surface area contributed by atoms with Gasteiger partial charge < -0.3 is 4.57 Å². The van der Waals surface area contributed by atoms with Crippen LogP contribution in [0.3, 0.4) is 0 Å². The summed E-state index contributed by atoms with van der Waals surface area (Å²) in [7, 11) is 0. The van der Waals surface area contributed by atoms with E-state index < -0.39 is 0 Å². The lowest BCUT2D eigenvalue weighted by Gasteiger charge is -2.10. The number of rotatable bonds is 8. The number of aromatic nitrogens is 1. The maximum atomic E-state index is 8.87. The molecule has 0 amide bonds. The smallest absolute Gasteiger partial charge is 0.129 e. The summed E-state index contributed by atoms with van der Waals surface area (Å²) >= 11 is 3.41. The van der Waals surface area contributed by atoms with Crippen LogP contribution in [0.1, 0.15) is 30.0 Å². The molecule has 3 aromatic rings. The van der Waals surface area contributed by atoms with Gasteiger partial charge in [-0.25, -0.2) is 0 Å². The summed E-state index contributed by atoms with van der Waals surface area (Å²) in [5, 5.41) is 26.5. The Kier molecular flexibility index (Phi) is 8.39. The molecule has 6 heteroatoms. The fourth-order valence-corrected chi connectivity index (χ4v) is 5.10. The highest BCUT2D eigenvalue weighted by Crippen LogP contribution is 2.36. The normalized spacial score (nSPS) is 11.4. The highest BCUT2D eigenvalue weighted by Gasteiger charge is 2.14. The Morgan fingerprint density at radius 2 is 1.36 bits per heavy atom. The number of nitriles is 3. The van der Waals surface area contributed by atoms with Gasteiger partial charge in [0.2, 0.25) is 0 Å². The third-order valence-electron chi connectivity index (χ3n) is 4.73. The second-order valence-corrected chi connectivity index (χ2v) is 9.37. The molecule has 4 nitrogen and oxygen atoms in total. The summed E-state index contributed by atoms with van der Waals surface area (Å²) in [6, 6.07) is 18.6. The van der Waals surface area contributed by atoms with E-state index in [1.165, 1.54) is 27.2 Å². The highest BCUT2D eigenvalue weighted by atomic mass is 32.1. The topological polar surface area (TPSA) is 76.3 Å². The van der Waals surface area contributed by atoms with Crippen molar-refractivity contribution in [1.29, 1.82) is 15.8 Å². The molecule has 0 saturated carbocycles. The van der Waals surface area contributed by atoms with E-state index in [0.717, 1.165) is 22.7 Å². The van der Waals surface area contributed by atoms with Crippen LogP contribution in [0.4, 0.5) is 0 Å². The van der Waals surface area contributed by atoms with Crippen LogP contribution in [0.25, 0.3) is 33.3 Å². The lowest BCUT2D eigenvalue weighted by molar-refractivity contribution is 0.697. The third-order valence-corrected chi connectivity index (χ3v) is 6.88. The quantitative estimate of drug-likeness (QED) is 0.251. The fraction of sp³-hybridized carbons (Fsp3) is 0.148. The molecule has 0 fully saturated rings. The van der Waals surface area contributed by atoms with E-state index in [0.29, 0.717) is 5.57 Å². The van der Waals surface area contributed by atoms with Gasteiger partial charge in [-0.15, -0.1) is 22.7 Å². The second kappa shape index (κ2) is 11.7. The van der Waals surface area contributed by atoms with Crippen molar-refractivity contribution in [3.63, 3.8) is 0 Å². The van der Waals surface area contributed by atoms with Gasteiger partial charge in [0.25, 0.3) is 0 Å². The molecule has 0 aliphatic heterocycles. The Morgan fingerprint density at radius 1 is 0.818 bits per heavy atom. The molecule has 0 aliphatic rings. The maximum absolute atomic E-state index is 8.87. The molecular formula is C27H22N4S2. The molecule has 0 saturated heterocycles. The van der Waals surface area contributed by atoms with Crippen molar-refractivity contribution >= 4 is 34.8 Å². The van der Waals surface area contributed by atoms with Crippen molar-refractivity contribution in [2.45, 2.75) is 26.8 Å². The molecule has 0 bridgehead atoms. The predicted octanol–water partition coefficient (Wildman–Crippen LogP) is 7.82. The highest BCUT2D eigenvalue weighted by molar-refractivity contribution is 7.16. The summed E-state index contributed by atoms with van der Waals surface area (Å²) in [5.41, 5.74) is 3.15. The minimum atomic E-state index is 0.0888. The summed E-state index contributed by atoms with van der Waals surface area (Å²) in [5.74, 6) is 0. The number of hydrogen-bond donors (Lipinski definition) is 0. The predicted molar refractivity (Wildman–Crippen MR) is 138 cm³/mol. The van der Waals surface area contributed by atoms with Gasteiger partial charge in [0.05, 0.1) is 27.2 Å². The van der Waals surface area contributed by atoms with E-state index in [1.54, 1.807) is 35.7 Å². The van der Waals surface area contributed by atoms with Gasteiger partial charge >= 0.3 is 0 Å². The summed E-state index contributed by atoms with van der Waals surface area (Å²) < 4.78 is 2.36. The van der Waals surface area contributed by atoms with Crippen molar-refractivity contribution in [1.82, 2.24) is 4.57 Å². The van der Waals surface area contributed by atoms with Crippen LogP contribution in [-0.2, 0) is 6.54 Å². The average molecular weight is 467 g/mol. The van der Waals surface area contributed by atoms with Gasteiger partial charge in [-0.3, -0.25) is 0 Å². The van der Waals surface area contributed by atoms with Crippen molar-refractivity contribution in [3.05, 3.63) is 81.6 Å². The molecule has 0 spiro atoms. The minimum Gasteiger partial charge on any atom is -0.339 e. The number of thiophene rings is 2. The van der Waals surface area contributed by atoms with Gasteiger partial charge in [-0.05, 0) is 74.0 Å². The van der Waals surface area contributed by atoms with Gasteiger partial charge in [-0.1, -0.05) is 19.1 Å². The molecule has 0 aromatic carbocycles. The molecule has 3 heterocycles. The molecule has 0 unspecified atom stereocenters. The zero-order valence-electron chi connectivity index (χ0n) is 18.4. The van der Waals surface area contributed by atoms with Crippen molar-refractivity contribution in [2.75, 3.05) is 0 Å². The summed E-state index contributed by atoms with van der Waals surface area (Å²) in [6.07, 6.45) is 12.0. The average Bonchev–Trinajstić information content (AvgIpc) is 3.56. The molecular weight excluding hydrogens is 444 g/mol. The van der Waals surface area contributed by atoms with Crippen molar-refractivity contribution < 1.29 is 0 Å². The molecule has 33 heavy (non-hydrogen) atoms. The largest absolute Gasteiger partial charge is 0.339 e. The van der Waals surface area contributed by atoms with E-state index in [2.05, 4.69) is 54.0 Å². The van der Waals surface area contributed by atoms with Gasteiger partial charge in [0.15, 0.2) is 0 Å². The first kappa shape index (κ1) is 23.8. The van der Waals surface area contributed by atoms with E-state index in [-0.39, 0.29) is 5.57 Å². The van der Waals surface area contributed by atoms with Gasteiger partial charge in [0, 0.05) is 21.9 Å². The van der Waals surface area contributed by atoms with E-state index in [4.69, 9.17) is 15.8 Å². The van der Waals surface area contributed by atoms with Crippen molar-refractivity contribution in [2.24, 2.45) is 0 Å². The lowest BCUT2D eigenvalue weighted by Crippen LogP contribution is -2.00. The molecule has 0 aliphatic carbocycles. The molecule has 0 radical (unpaired) electrons. The van der Waals surface area contributed by atoms with Crippen LogP contribution in [0.15, 0.2) is 71.8 Å². The molecule has 3 aromatic heterocycles. The number of allylic oxidation sites excluding steroid dienone is 6. The number of nitrogens with zero attached hydrogens (tertiary/aromatic N) is 4. The van der Waals surface area contributed by atoms with Crippen molar-refractivity contribution in [3.8, 4) is 39.3 Å². The fourth-order valence-electron chi connectivity index (χ4n) is 3.19. The van der Waals surface area contributed by atoms with Crippen LogP contribution in [0.2, 0.25) is 0 Å². The molecule has 162 valence electrons. The van der Waals surface area contributed by atoms with Crippen LogP contribution < -0.4 is 0 Å². The zero-order valence-corrected chi connectivity index (χ0v) is 20.1. The zero-order chi connectivity index (χ0) is 23.6. The first-order valence-electron chi connectivity index (χ1n) is 10.4. The summed E-state index contributed by atoms with van der Waals surface area (Å²) in [6.45, 7) is 4.89. The van der Waals surface area contributed by atoms with Crippen LogP contribution >= 0.6 is 22.7 Å². The van der Waals surface area contributed by atoms with Crippen LogP contribution in [0.5, 0.6) is 0 Å². The first-order chi connectivity index (χ1) is 16.1. The van der Waals surface area contributed by atoms with Crippen LogP contribution in [-0.4, -0.2) is 4.57 Å². The molecule has 0 atom stereocenters. The Labute approximate surface area is 202 Å². The monoisotopic (exact) mass is 466 g/mol. The van der Waals surface area contributed by atoms with E-state index in [9.17, 15) is 0 Å². The van der Waals surface area contributed by atoms with E-state index >= 15 is 0 Å². The Bertz CT molecular complexity index is 1350. The standard InChI is InChI=1S/C27H22N4S2/c1-3-16-31-24(26-14-10-22(32-26)8-4-6-20(2)17-28)12-13-25(31)27-15-11-23(33-27)9-5-7-21(18-29)19-30/h4-15H,3,16H2,1-2H3/b8-4+,9-5+,20-6-. The first-order valence-corrected chi connectivity index (χ1v) is 12.1. The lowest BCUT2D eigenvalue weighted by atomic mass is 10.3. The maximum Gasteiger partial charge on any atom is 0.129 e. The summed E-state index contributed by atoms with van der Waals surface area (Å²) in [4.78, 5) is 4.58. The van der Waals surface area contributed by atoms with Crippen LogP contribution in [0, 0.1) is 34.0 Å². The van der Waals surface area contributed by atoms with Gasteiger partial charge in [-0.2, -0.15) is 15.8 Å².